The zero-order valence-corrected chi connectivity index (χ0v) is 15.6. The van der Waals surface area contributed by atoms with Gasteiger partial charge in [-0.15, -0.1) is 0 Å². The van der Waals surface area contributed by atoms with Crippen LogP contribution in [0.2, 0.25) is 10.0 Å². The average Bonchev–Trinajstić information content (AvgIpc) is 2.59. The minimum absolute atomic E-state index is 0.0823. The van der Waals surface area contributed by atoms with Crippen molar-refractivity contribution in [1.82, 2.24) is 0 Å². The van der Waals surface area contributed by atoms with Gasteiger partial charge in [0.15, 0.2) is 0 Å². The van der Waals surface area contributed by atoms with Crippen LogP contribution in [0.3, 0.4) is 0 Å². The number of halogens is 2. The lowest BCUT2D eigenvalue weighted by atomic mass is 9.89. The Labute approximate surface area is 153 Å². The molecule has 0 amide bonds. The summed E-state index contributed by atoms with van der Waals surface area (Å²) in [5.41, 5.74) is 3.59. The van der Waals surface area contributed by atoms with Crippen molar-refractivity contribution >= 4 is 35.4 Å². The summed E-state index contributed by atoms with van der Waals surface area (Å²) < 4.78 is 0. The predicted octanol–water partition coefficient (Wildman–Crippen LogP) is 5.35. The van der Waals surface area contributed by atoms with Crippen molar-refractivity contribution in [1.29, 1.82) is 0 Å². The summed E-state index contributed by atoms with van der Waals surface area (Å²) in [5, 5.41) is 0.907. The highest BCUT2D eigenvalue weighted by atomic mass is 35.5. The third kappa shape index (κ3) is 5.29. The van der Waals surface area contributed by atoms with Crippen LogP contribution >= 0.6 is 23.2 Å². The molecule has 0 radical (unpaired) electrons. The van der Waals surface area contributed by atoms with Gasteiger partial charge in [-0.1, -0.05) is 49.9 Å². The molecule has 0 unspecified atom stereocenters. The van der Waals surface area contributed by atoms with Gasteiger partial charge in [-0.3, -0.25) is 0 Å². The molecule has 6 heteroatoms. The first kappa shape index (κ1) is 20.6. The highest BCUT2D eigenvalue weighted by Crippen LogP contribution is 2.38. The minimum atomic E-state index is 0.0823. The summed E-state index contributed by atoms with van der Waals surface area (Å²) in [4.78, 5) is 28.5. The summed E-state index contributed by atoms with van der Waals surface area (Å²) in [6, 6.07) is 0. The van der Waals surface area contributed by atoms with E-state index in [0.29, 0.717) is 15.6 Å². The molecule has 0 spiro atoms. The fourth-order valence-electron chi connectivity index (χ4n) is 2.74. The van der Waals surface area contributed by atoms with Gasteiger partial charge >= 0.3 is 0 Å². The molecule has 0 saturated heterocycles. The van der Waals surface area contributed by atoms with Gasteiger partial charge in [-0.05, 0) is 47.9 Å². The molecule has 0 aliphatic rings. The van der Waals surface area contributed by atoms with Crippen molar-refractivity contribution in [2.45, 2.75) is 65.5 Å². The third-order valence-electron chi connectivity index (χ3n) is 3.98. The van der Waals surface area contributed by atoms with E-state index in [2.05, 4.69) is 23.8 Å². The molecule has 0 N–H and O–H groups in total. The van der Waals surface area contributed by atoms with Crippen LogP contribution < -0.4 is 0 Å². The average molecular weight is 369 g/mol. The Bertz CT molecular complexity index is 662. The normalized spacial score (nSPS) is 10.2. The lowest BCUT2D eigenvalue weighted by Gasteiger charge is -2.20. The second-order valence-electron chi connectivity index (χ2n) is 5.56. The highest BCUT2D eigenvalue weighted by molar-refractivity contribution is 6.43. The van der Waals surface area contributed by atoms with Crippen LogP contribution in [0.15, 0.2) is 9.98 Å². The van der Waals surface area contributed by atoms with E-state index in [4.69, 9.17) is 23.2 Å². The van der Waals surface area contributed by atoms with E-state index in [1.54, 1.807) is 6.08 Å². The summed E-state index contributed by atoms with van der Waals surface area (Å²) in [5.74, 6) is 0. The first-order valence-electron chi connectivity index (χ1n) is 8.19. The zero-order chi connectivity index (χ0) is 17.9. The Morgan fingerprint density at radius 1 is 0.750 bits per heavy atom. The fourth-order valence-corrected chi connectivity index (χ4v) is 3.35. The molecule has 0 fully saturated rings. The van der Waals surface area contributed by atoms with Gasteiger partial charge in [-0.25, -0.2) is 19.6 Å². The maximum absolute atomic E-state index is 10.6. The first-order valence-corrected chi connectivity index (χ1v) is 8.95. The van der Waals surface area contributed by atoms with E-state index < -0.39 is 0 Å². The van der Waals surface area contributed by atoms with E-state index in [1.165, 1.54) is 6.08 Å². The molecular weight excluding hydrogens is 347 g/mol. The maximum Gasteiger partial charge on any atom is 0.235 e. The van der Waals surface area contributed by atoms with Crippen molar-refractivity contribution in [2.24, 2.45) is 9.98 Å². The Morgan fingerprint density at radius 2 is 1.21 bits per heavy atom. The van der Waals surface area contributed by atoms with Gasteiger partial charge in [0.2, 0.25) is 12.2 Å². The SMILES string of the molecule is CCCCc1c(Cl)c(Cl)c(CN=C=O)c(CN=C=O)c1CCCC. The lowest BCUT2D eigenvalue weighted by molar-refractivity contribution is 0.561. The van der Waals surface area contributed by atoms with Crippen molar-refractivity contribution in [2.75, 3.05) is 0 Å². The van der Waals surface area contributed by atoms with Gasteiger partial charge in [-0.2, -0.15) is 0 Å². The van der Waals surface area contributed by atoms with Gasteiger partial charge in [0.1, 0.15) is 0 Å². The molecule has 0 heterocycles. The molecule has 0 bridgehead atoms. The molecule has 0 aromatic heterocycles. The number of hydrogen-bond acceptors (Lipinski definition) is 4. The van der Waals surface area contributed by atoms with Gasteiger partial charge < -0.3 is 0 Å². The van der Waals surface area contributed by atoms with Crippen molar-refractivity contribution in [3.8, 4) is 0 Å². The van der Waals surface area contributed by atoms with E-state index in [1.807, 2.05) is 0 Å². The summed E-state index contributed by atoms with van der Waals surface area (Å²) in [6.45, 7) is 4.48. The molecule has 1 aromatic rings. The topological polar surface area (TPSA) is 58.9 Å². The molecule has 0 aliphatic heterocycles. The Balaban J connectivity index is 3.60. The number of nitrogens with zero attached hydrogens (tertiary/aromatic N) is 2. The number of isocyanates is 2. The van der Waals surface area contributed by atoms with Crippen molar-refractivity contribution in [3.63, 3.8) is 0 Å². The van der Waals surface area contributed by atoms with Gasteiger partial charge in [0, 0.05) is 0 Å². The Hall–Kier alpha value is -1.44. The smallest absolute Gasteiger partial charge is 0.211 e. The maximum atomic E-state index is 10.6. The van der Waals surface area contributed by atoms with Crippen molar-refractivity contribution < 1.29 is 9.59 Å². The second-order valence-corrected chi connectivity index (χ2v) is 6.32. The third-order valence-corrected chi connectivity index (χ3v) is 4.91. The number of hydrogen-bond donors (Lipinski definition) is 0. The Kier molecular flexibility index (Phi) is 9.59. The van der Waals surface area contributed by atoms with Crippen LogP contribution in [0.1, 0.15) is 61.8 Å². The largest absolute Gasteiger partial charge is 0.235 e. The second kappa shape index (κ2) is 11.2. The van der Waals surface area contributed by atoms with Crippen molar-refractivity contribution in [3.05, 3.63) is 32.3 Å². The molecule has 0 atom stereocenters. The van der Waals surface area contributed by atoms with E-state index in [-0.39, 0.29) is 13.1 Å². The molecule has 0 aliphatic carbocycles. The minimum Gasteiger partial charge on any atom is -0.211 e. The molecular formula is C18H22Cl2N2O2. The summed E-state index contributed by atoms with van der Waals surface area (Å²) >= 11 is 13.0. The highest BCUT2D eigenvalue weighted by Gasteiger charge is 2.21. The molecule has 1 aromatic carbocycles. The van der Waals surface area contributed by atoms with Crippen LogP contribution in [0.25, 0.3) is 0 Å². The monoisotopic (exact) mass is 368 g/mol. The standard InChI is InChI=1S/C18H22Cl2N2O2/c1-3-5-7-13-14(8-6-4-2)17(19)18(20)16(10-22-12-24)15(13)9-21-11-23/h3-10H2,1-2H3. The van der Waals surface area contributed by atoms with E-state index in [9.17, 15) is 9.59 Å². The number of benzene rings is 1. The molecule has 0 saturated carbocycles. The molecule has 1 rings (SSSR count). The van der Waals surface area contributed by atoms with Gasteiger partial charge in [0.05, 0.1) is 23.1 Å². The van der Waals surface area contributed by atoms with Gasteiger partial charge in [0.25, 0.3) is 0 Å². The van der Waals surface area contributed by atoms with Crippen LogP contribution in [0.5, 0.6) is 0 Å². The fraction of sp³-hybridized carbons (Fsp3) is 0.556. The van der Waals surface area contributed by atoms with Crippen LogP contribution in [-0.2, 0) is 35.5 Å². The molecule has 4 nitrogen and oxygen atoms in total. The lowest BCUT2D eigenvalue weighted by Crippen LogP contribution is -2.07. The van der Waals surface area contributed by atoms with Crippen LogP contribution in [0, 0.1) is 0 Å². The number of unbranched alkanes of at least 4 members (excludes halogenated alkanes) is 2. The zero-order valence-electron chi connectivity index (χ0n) is 14.1. The number of carbonyl (C=O) groups excluding carboxylic acids is 2. The summed E-state index contributed by atoms with van der Waals surface area (Å²) in [6.07, 6.45) is 8.81. The van der Waals surface area contributed by atoms with E-state index in [0.717, 1.165) is 55.2 Å². The number of rotatable bonds is 10. The first-order chi connectivity index (χ1) is 11.6. The Morgan fingerprint density at radius 3 is 1.71 bits per heavy atom. The predicted molar refractivity (Wildman–Crippen MR) is 97.3 cm³/mol. The van der Waals surface area contributed by atoms with Crippen LogP contribution in [0.4, 0.5) is 0 Å². The van der Waals surface area contributed by atoms with Crippen LogP contribution in [-0.4, -0.2) is 12.2 Å². The van der Waals surface area contributed by atoms with E-state index >= 15 is 0 Å². The quantitative estimate of drug-likeness (QED) is 0.412. The molecule has 24 heavy (non-hydrogen) atoms. The number of aliphatic imine (C=N–C) groups is 2. The molecule has 130 valence electrons. The summed E-state index contributed by atoms with van der Waals surface area (Å²) in [7, 11) is 0.